The molecule has 0 aliphatic rings. The predicted molar refractivity (Wildman–Crippen MR) is 81.1 cm³/mol. The molecule has 0 amide bonds. The van der Waals surface area contributed by atoms with Gasteiger partial charge < -0.3 is 10.0 Å². The molecule has 0 atom stereocenters. The van der Waals surface area contributed by atoms with Gasteiger partial charge in [0.1, 0.15) is 5.75 Å². The number of phenols is 1. The smallest absolute Gasteiger partial charge is 0.120 e. The van der Waals surface area contributed by atoms with E-state index in [2.05, 4.69) is 36.9 Å². The molecule has 100 valence electrons. The van der Waals surface area contributed by atoms with E-state index in [9.17, 15) is 5.11 Å². The van der Waals surface area contributed by atoms with Crippen LogP contribution >= 0.6 is 11.6 Å². The summed E-state index contributed by atoms with van der Waals surface area (Å²) in [7, 11) is 2.01. The van der Waals surface area contributed by atoms with Gasteiger partial charge in [0.25, 0.3) is 0 Å². The van der Waals surface area contributed by atoms with Gasteiger partial charge in [-0.15, -0.1) is 0 Å². The van der Waals surface area contributed by atoms with Gasteiger partial charge in [-0.1, -0.05) is 17.7 Å². The third-order valence-electron chi connectivity index (χ3n) is 3.10. The SMILES string of the molecule is Cc1cc(C)cc(N(C)Cc2cc(Cl)ccc2O)c1. The summed E-state index contributed by atoms with van der Waals surface area (Å²) in [6.45, 7) is 4.79. The molecule has 2 nitrogen and oxygen atoms in total. The summed E-state index contributed by atoms with van der Waals surface area (Å²) in [5.74, 6) is 0.278. The van der Waals surface area contributed by atoms with E-state index in [1.54, 1.807) is 18.2 Å². The van der Waals surface area contributed by atoms with Crippen LogP contribution in [-0.4, -0.2) is 12.2 Å². The molecule has 0 heterocycles. The van der Waals surface area contributed by atoms with Crippen LogP contribution in [0.3, 0.4) is 0 Å². The molecule has 0 spiro atoms. The zero-order chi connectivity index (χ0) is 14.0. The van der Waals surface area contributed by atoms with Crippen molar-refractivity contribution in [1.29, 1.82) is 0 Å². The van der Waals surface area contributed by atoms with E-state index < -0.39 is 0 Å². The van der Waals surface area contributed by atoms with Gasteiger partial charge in [0.15, 0.2) is 0 Å². The first-order valence-corrected chi connectivity index (χ1v) is 6.60. The van der Waals surface area contributed by atoms with Crippen LogP contribution in [0, 0.1) is 13.8 Å². The fourth-order valence-electron chi connectivity index (χ4n) is 2.20. The topological polar surface area (TPSA) is 23.5 Å². The summed E-state index contributed by atoms with van der Waals surface area (Å²) >= 11 is 5.97. The number of hydrogen-bond acceptors (Lipinski definition) is 2. The third-order valence-corrected chi connectivity index (χ3v) is 3.33. The average Bonchev–Trinajstić information content (AvgIpc) is 2.32. The van der Waals surface area contributed by atoms with Gasteiger partial charge in [0, 0.05) is 29.9 Å². The van der Waals surface area contributed by atoms with Crippen molar-refractivity contribution in [3.05, 3.63) is 58.1 Å². The van der Waals surface area contributed by atoms with Gasteiger partial charge in [0.2, 0.25) is 0 Å². The quantitative estimate of drug-likeness (QED) is 0.903. The van der Waals surface area contributed by atoms with Crippen LogP contribution in [0.1, 0.15) is 16.7 Å². The molecule has 0 radical (unpaired) electrons. The van der Waals surface area contributed by atoms with Crippen molar-refractivity contribution >= 4 is 17.3 Å². The minimum absolute atomic E-state index is 0.278. The Hall–Kier alpha value is -1.67. The Balaban J connectivity index is 2.25. The Morgan fingerprint density at radius 2 is 1.68 bits per heavy atom. The highest BCUT2D eigenvalue weighted by Gasteiger charge is 2.07. The highest BCUT2D eigenvalue weighted by Crippen LogP contribution is 2.25. The Morgan fingerprint density at radius 1 is 1.05 bits per heavy atom. The molecule has 1 N–H and O–H groups in total. The number of phenolic OH excluding ortho intramolecular Hbond substituents is 1. The van der Waals surface area contributed by atoms with E-state index in [-0.39, 0.29) is 5.75 Å². The number of anilines is 1. The molecule has 0 bridgehead atoms. The second kappa shape index (κ2) is 5.54. The van der Waals surface area contributed by atoms with Gasteiger partial charge in [-0.2, -0.15) is 0 Å². The molecule has 2 rings (SSSR count). The Morgan fingerprint density at radius 3 is 2.32 bits per heavy atom. The van der Waals surface area contributed by atoms with Crippen LogP contribution in [0.2, 0.25) is 5.02 Å². The first-order chi connectivity index (χ1) is 8.95. The Kier molecular flexibility index (Phi) is 4.01. The van der Waals surface area contributed by atoms with Crippen LogP contribution < -0.4 is 4.90 Å². The standard InChI is InChI=1S/C16H18ClNO/c1-11-6-12(2)8-15(7-11)18(3)10-13-9-14(17)4-5-16(13)19/h4-9,19H,10H2,1-3H3. The van der Waals surface area contributed by atoms with Crippen LogP contribution in [0.5, 0.6) is 5.75 Å². The summed E-state index contributed by atoms with van der Waals surface area (Å²) in [6, 6.07) is 11.5. The maximum absolute atomic E-state index is 9.85. The fourth-order valence-corrected chi connectivity index (χ4v) is 2.39. The van der Waals surface area contributed by atoms with Gasteiger partial charge in [-0.05, 0) is 55.3 Å². The maximum Gasteiger partial charge on any atom is 0.120 e. The molecule has 2 aromatic rings. The van der Waals surface area contributed by atoms with E-state index >= 15 is 0 Å². The highest BCUT2D eigenvalue weighted by atomic mass is 35.5. The molecule has 0 aliphatic carbocycles. The van der Waals surface area contributed by atoms with E-state index in [0.717, 1.165) is 11.3 Å². The van der Waals surface area contributed by atoms with Crippen LogP contribution in [0.25, 0.3) is 0 Å². The number of halogens is 1. The molecular formula is C16H18ClNO. The van der Waals surface area contributed by atoms with E-state index in [1.165, 1.54) is 11.1 Å². The molecular weight excluding hydrogens is 258 g/mol. The lowest BCUT2D eigenvalue weighted by molar-refractivity contribution is 0.468. The Labute approximate surface area is 119 Å². The molecule has 0 unspecified atom stereocenters. The second-order valence-electron chi connectivity index (χ2n) is 4.98. The van der Waals surface area contributed by atoms with E-state index in [1.807, 2.05) is 7.05 Å². The minimum Gasteiger partial charge on any atom is -0.508 e. The first kappa shape index (κ1) is 13.8. The van der Waals surface area contributed by atoms with Crippen LogP contribution in [-0.2, 0) is 6.54 Å². The van der Waals surface area contributed by atoms with Crippen molar-refractivity contribution in [2.45, 2.75) is 20.4 Å². The predicted octanol–water partition coefficient (Wildman–Crippen LogP) is 4.30. The molecule has 19 heavy (non-hydrogen) atoms. The number of aromatic hydroxyl groups is 1. The summed E-state index contributed by atoms with van der Waals surface area (Å²) in [5.41, 5.74) is 4.43. The van der Waals surface area contributed by atoms with Crippen molar-refractivity contribution < 1.29 is 5.11 Å². The van der Waals surface area contributed by atoms with Gasteiger partial charge in [0.05, 0.1) is 0 Å². The summed E-state index contributed by atoms with van der Waals surface area (Å²) in [6.07, 6.45) is 0. The molecule has 0 saturated carbocycles. The largest absolute Gasteiger partial charge is 0.508 e. The maximum atomic E-state index is 9.85. The number of rotatable bonds is 3. The number of aryl methyl sites for hydroxylation is 2. The van der Waals surface area contributed by atoms with Crippen molar-refractivity contribution in [3.63, 3.8) is 0 Å². The van der Waals surface area contributed by atoms with Crippen LogP contribution in [0.4, 0.5) is 5.69 Å². The van der Waals surface area contributed by atoms with Gasteiger partial charge >= 0.3 is 0 Å². The van der Waals surface area contributed by atoms with Crippen molar-refractivity contribution in [2.75, 3.05) is 11.9 Å². The molecule has 0 fully saturated rings. The monoisotopic (exact) mass is 275 g/mol. The zero-order valence-corrected chi connectivity index (χ0v) is 12.2. The number of nitrogens with zero attached hydrogens (tertiary/aromatic N) is 1. The number of hydrogen-bond donors (Lipinski definition) is 1. The van der Waals surface area contributed by atoms with Crippen LogP contribution in [0.15, 0.2) is 36.4 Å². The summed E-state index contributed by atoms with van der Waals surface area (Å²) < 4.78 is 0. The summed E-state index contributed by atoms with van der Waals surface area (Å²) in [5, 5.41) is 10.5. The first-order valence-electron chi connectivity index (χ1n) is 6.22. The fraction of sp³-hybridized carbons (Fsp3) is 0.250. The molecule has 0 aliphatic heterocycles. The highest BCUT2D eigenvalue weighted by molar-refractivity contribution is 6.30. The van der Waals surface area contributed by atoms with Crippen molar-refractivity contribution in [2.24, 2.45) is 0 Å². The minimum atomic E-state index is 0.278. The molecule has 0 saturated heterocycles. The lowest BCUT2D eigenvalue weighted by Crippen LogP contribution is -2.16. The molecule has 0 aromatic heterocycles. The zero-order valence-electron chi connectivity index (χ0n) is 11.4. The second-order valence-corrected chi connectivity index (χ2v) is 5.41. The normalized spacial score (nSPS) is 10.5. The molecule has 3 heteroatoms. The van der Waals surface area contributed by atoms with Gasteiger partial charge in [-0.3, -0.25) is 0 Å². The lowest BCUT2D eigenvalue weighted by Gasteiger charge is -2.21. The Bertz CT molecular complexity index is 575. The van der Waals surface area contributed by atoms with E-state index in [4.69, 9.17) is 11.6 Å². The van der Waals surface area contributed by atoms with Crippen molar-refractivity contribution in [1.82, 2.24) is 0 Å². The lowest BCUT2D eigenvalue weighted by atomic mass is 10.1. The summed E-state index contributed by atoms with van der Waals surface area (Å²) in [4.78, 5) is 2.10. The van der Waals surface area contributed by atoms with E-state index in [0.29, 0.717) is 11.6 Å². The molecule has 2 aromatic carbocycles. The average molecular weight is 276 g/mol. The van der Waals surface area contributed by atoms with Crippen molar-refractivity contribution in [3.8, 4) is 5.75 Å². The third kappa shape index (κ3) is 3.42. The van der Waals surface area contributed by atoms with Gasteiger partial charge in [-0.25, -0.2) is 0 Å². The number of benzene rings is 2.